The molecular formula is C19H12ClN3O4. The van der Waals surface area contributed by atoms with E-state index in [0.717, 1.165) is 0 Å². The maximum Gasteiger partial charge on any atom is 0.345 e. The van der Waals surface area contributed by atoms with E-state index in [1.54, 1.807) is 36.5 Å². The van der Waals surface area contributed by atoms with Crippen molar-refractivity contribution in [3.63, 3.8) is 0 Å². The summed E-state index contributed by atoms with van der Waals surface area (Å²) in [5.74, 6) is -2.32. The number of ether oxygens (including phenoxy) is 1. The molecule has 0 unspecified atom stereocenters. The minimum Gasteiger partial charge on any atom is -0.477 e. The molecule has 2 aromatic heterocycles. The van der Waals surface area contributed by atoms with Crippen LogP contribution in [0.3, 0.4) is 0 Å². The Morgan fingerprint density at radius 1 is 1.30 bits per heavy atom. The number of halogens is 1. The van der Waals surface area contributed by atoms with Crippen molar-refractivity contribution >= 4 is 46.2 Å². The largest absolute Gasteiger partial charge is 0.477 e. The maximum absolute atomic E-state index is 12.6. The number of allylic oxidation sites excluding steroid dienone is 1. The van der Waals surface area contributed by atoms with Crippen LogP contribution in [0.2, 0.25) is 5.02 Å². The molecule has 27 heavy (non-hydrogen) atoms. The zero-order chi connectivity index (χ0) is 19.0. The van der Waals surface area contributed by atoms with Crippen molar-refractivity contribution < 1.29 is 19.4 Å². The highest BCUT2D eigenvalue weighted by atomic mass is 35.5. The number of carbonyl (C=O) groups excluding carboxylic acids is 1. The second kappa shape index (κ2) is 6.62. The van der Waals surface area contributed by atoms with Gasteiger partial charge in [-0.05, 0) is 24.3 Å². The first-order valence-electron chi connectivity index (χ1n) is 7.89. The highest BCUT2D eigenvalue weighted by molar-refractivity contribution is 6.31. The molecular weight excluding hydrogens is 370 g/mol. The summed E-state index contributed by atoms with van der Waals surface area (Å²) in [5, 5.41) is 13.4. The lowest BCUT2D eigenvalue weighted by Crippen LogP contribution is -2.12. The van der Waals surface area contributed by atoms with Gasteiger partial charge in [0.2, 0.25) is 11.7 Å². The number of pyridine rings is 1. The van der Waals surface area contributed by atoms with Crippen LogP contribution in [-0.4, -0.2) is 26.8 Å². The number of hydrogen-bond acceptors (Lipinski definition) is 5. The van der Waals surface area contributed by atoms with E-state index in [1.807, 2.05) is 6.07 Å². The van der Waals surface area contributed by atoms with Gasteiger partial charge < -0.3 is 20.1 Å². The summed E-state index contributed by atoms with van der Waals surface area (Å²) >= 11 is 5.98. The van der Waals surface area contributed by atoms with E-state index in [9.17, 15) is 14.7 Å². The van der Waals surface area contributed by atoms with Crippen LogP contribution in [0.25, 0.3) is 17.1 Å². The maximum atomic E-state index is 12.6. The molecule has 0 aliphatic carbocycles. The first kappa shape index (κ1) is 16.9. The van der Waals surface area contributed by atoms with Crippen molar-refractivity contribution in [1.29, 1.82) is 0 Å². The zero-order valence-corrected chi connectivity index (χ0v) is 14.4. The van der Waals surface area contributed by atoms with Gasteiger partial charge >= 0.3 is 5.97 Å². The van der Waals surface area contributed by atoms with Gasteiger partial charge in [-0.15, -0.1) is 0 Å². The van der Waals surface area contributed by atoms with E-state index in [1.165, 1.54) is 12.3 Å². The van der Waals surface area contributed by atoms with Crippen LogP contribution in [-0.2, 0) is 14.3 Å². The van der Waals surface area contributed by atoms with E-state index < -0.39 is 17.3 Å². The van der Waals surface area contributed by atoms with Gasteiger partial charge in [-0.25, -0.2) is 9.78 Å². The summed E-state index contributed by atoms with van der Waals surface area (Å²) in [6.45, 7) is 0. The summed E-state index contributed by atoms with van der Waals surface area (Å²) in [4.78, 5) is 31.2. The molecule has 0 radical (unpaired) electrons. The van der Waals surface area contributed by atoms with Gasteiger partial charge in [-0.3, -0.25) is 4.79 Å². The number of aromatic amines is 1. The van der Waals surface area contributed by atoms with Crippen molar-refractivity contribution in [1.82, 2.24) is 9.97 Å². The Kier molecular flexibility index (Phi) is 4.13. The predicted octanol–water partition coefficient (Wildman–Crippen LogP) is 3.56. The SMILES string of the molecule is O=C(O)C1=C(Nc2ccccc2)OC(=Cc2c[nH]c3ncc(Cl)cc23)C1=O. The molecule has 1 aliphatic heterocycles. The molecule has 8 heteroatoms. The van der Waals surface area contributed by atoms with E-state index in [4.69, 9.17) is 16.3 Å². The fraction of sp³-hybridized carbons (Fsp3) is 0. The second-order valence-corrected chi connectivity index (χ2v) is 6.17. The van der Waals surface area contributed by atoms with Crippen molar-refractivity contribution in [2.75, 3.05) is 5.32 Å². The predicted molar refractivity (Wildman–Crippen MR) is 99.9 cm³/mol. The molecule has 0 saturated heterocycles. The van der Waals surface area contributed by atoms with E-state index >= 15 is 0 Å². The molecule has 0 spiro atoms. The Morgan fingerprint density at radius 2 is 2.07 bits per heavy atom. The van der Waals surface area contributed by atoms with E-state index in [0.29, 0.717) is 27.3 Å². The normalized spacial score (nSPS) is 15.4. The van der Waals surface area contributed by atoms with Crippen LogP contribution in [0, 0.1) is 0 Å². The lowest BCUT2D eigenvalue weighted by Gasteiger charge is -2.07. The Bertz CT molecular complexity index is 1130. The van der Waals surface area contributed by atoms with Crippen molar-refractivity contribution in [3.05, 3.63) is 76.6 Å². The number of carboxylic acids is 1. The number of nitrogens with zero attached hydrogens (tertiary/aromatic N) is 1. The lowest BCUT2D eigenvalue weighted by molar-refractivity contribution is -0.134. The number of aliphatic carboxylic acids is 1. The highest BCUT2D eigenvalue weighted by Crippen LogP contribution is 2.30. The van der Waals surface area contributed by atoms with Gasteiger partial charge in [0, 0.05) is 29.0 Å². The summed E-state index contributed by atoms with van der Waals surface area (Å²) in [5.41, 5.74) is 1.34. The topological polar surface area (TPSA) is 104 Å². The number of Topliss-reactive ketones (excluding diaryl/α,β-unsaturated/α-hetero) is 1. The monoisotopic (exact) mass is 381 g/mol. The minimum atomic E-state index is -1.37. The second-order valence-electron chi connectivity index (χ2n) is 5.73. The minimum absolute atomic E-state index is 0.105. The number of aromatic nitrogens is 2. The molecule has 3 aromatic rings. The molecule has 1 aromatic carbocycles. The molecule has 3 heterocycles. The Morgan fingerprint density at radius 3 is 2.81 bits per heavy atom. The van der Waals surface area contributed by atoms with Gasteiger partial charge in [0.15, 0.2) is 11.3 Å². The number of H-pyrrole nitrogens is 1. The number of nitrogens with one attached hydrogen (secondary N) is 2. The number of anilines is 1. The van der Waals surface area contributed by atoms with E-state index in [2.05, 4.69) is 15.3 Å². The molecule has 0 amide bonds. The van der Waals surface area contributed by atoms with Crippen LogP contribution in [0.1, 0.15) is 5.56 Å². The van der Waals surface area contributed by atoms with Crippen LogP contribution >= 0.6 is 11.6 Å². The van der Waals surface area contributed by atoms with Crippen LogP contribution in [0.5, 0.6) is 0 Å². The van der Waals surface area contributed by atoms with Crippen LogP contribution in [0.15, 0.2) is 66.0 Å². The molecule has 134 valence electrons. The van der Waals surface area contributed by atoms with Gasteiger partial charge in [-0.1, -0.05) is 29.8 Å². The fourth-order valence-electron chi connectivity index (χ4n) is 2.72. The molecule has 3 N–H and O–H groups in total. The summed E-state index contributed by atoms with van der Waals surface area (Å²) in [6.07, 6.45) is 4.60. The molecule has 0 bridgehead atoms. The molecule has 0 saturated carbocycles. The molecule has 1 aliphatic rings. The van der Waals surface area contributed by atoms with Crippen molar-refractivity contribution in [3.8, 4) is 0 Å². The third-order valence-electron chi connectivity index (χ3n) is 3.95. The number of carbonyl (C=O) groups is 2. The standard InChI is InChI=1S/C19H12ClN3O4/c20-11-7-13-10(8-21-17(13)22-9-11)6-14-16(24)15(19(25)26)18(27-14)23-12-4-2-1-3-5-12/h1-9,23H,(H,21,22)(H,25,26). The molecule has 7 nitrogen and oxygen atoms in total. The van der Waals surface area contributed by atoms with Crippen molar-refractivity contribution in [2.24, 2.45) is 0 Å². The number of hydrogen-bond donors (Lipinski definition) is 3. The van der Waals surface area contributed by atoms with E-state index in [-0.39, 0.29) is 11.6 Å². The van der Waals surface area contributed by atoms with Gasteiger partial charge in [0.05, 0.1) is 5.02 Å². The average Bonchev–Trinajstić information content (AvgIpc) is 3.17. The number of carboxylic acid groups (broad SMARTS) is 1. The first-order valence-corrected chi connectivity index (χ1v) is 8.27. The summed E-state index contributed by atoms with van der Waals surface area (Å²) in [7, 11) is 0. The zero-order valence-electron chi connectivity index (χ0n) is 13.7. The third kappa shape index (κ3) is 3.16. The third-order valence-corrected chi connectivity index (χ3v) is 4.16. The quantitative estimate of drug-likeness (QED) is 0.471. The Hall–Kier alpha value is -3.58. The number of benzene rings is 1. The Balaban J connectivity index is 1.71. The van der Waals surface area contributed by atoms with Gasteiger partial charge in [0.25, 0.3) is 0 Å². The lowest BCUT2D eigenvalue weighted by atomic mass is 10.1. The van der Waals surface area contributed by atoms with Crippen LogP contribution < -0.4 is 5.32 Å². The highest BCUT2D eigenvalue weighted by Gasteiger charge is 2.36. The smallest absolute Gasteiger partial charge is 0.345 e. The number of rotatable bonds is 4. The first-order chi connectivity index (χ1) is 13.0. The number of ketones is 1. The number of fused-ring (bicyclic) bond motifs is 1. The molecule has 0 atom stereocenters. The van der Waals surface area contributed by atoms with Crippen LogP contribution in [0.4, 0.5) is 5.69 Å². The number of para-hydroxylation sites is 1. The average molecular weight is 382 g/mol. The Labute approximate surface area is 157 Å². The van der Waals surface area contributed by atoms with Gasteiger partial charge in [-0.2, -0.15) is 0 Å². The molecule has 0 fully saturated rings. The molecule has 4 rings (SSSR count). The summed E-state index contributed by atoms with van der Waals surface area (Å²) < 4.78 is 5.54. The summed E-state index contributed by atoms with van der Waals surface area (Å²) in [6, 6.07) is 10.5. The van der Waals surface area contributed by atoms with Gasteiger partial charge in [0.1, 0.15) is 5.65 Å². The van der Waals surface area contributed by atoms with Crippen molar-refractivity contribution in [2.45, 2.75) is 0 Å². The fourth-order valence-corrected chi connectivity index (χ4v) is 2.88.